The second kappa shape index (κ2) is 9.05. The fourth-order valence-electron chi connectivity index (χ4n) is 2.69. The van der Waals surface area contributed by atoms with Crippen molar-refractivity contribution < 1.29 is 18.3 Å². The normalized spacial score (nSPS) is 11.4. The lowest BCUT2D eigenvalue weighted by Gasteiger charge is -2.16. The first-order valence-corrected chi connectivity index (χ1v) is 8.77. The predicted molar refractivity (Wildman–Crippen MR) is 110 cm³/mol. The molecule has 1 aromatic heterocycles. The Labute approximate surface area is 171 Å². The molecule has 156 valence electrons. The van der Waals surface area contributed by atoms with Crippen LogP contribution in [0.2, 0.25) is 0 Å². The van der Waals surface area contributed by atoms with Gasteiger partial charge in [0.05, 0.1) is 29.6 Å². The van der Waals surface area contributed by atoms with Gasteiger partial charge in [-0.25, -0.2) is 10.8 Å². The van der Waals surface area contributed by atoms with E-state index in [1.165, 1.54) is 29.4 Å². The molecule has 0 aliphatic rings. The summed E-state index contributed by atoms with van der Waals surface area (Å²) in [4.78, 5) is 16.6. The minimum atomic E-state index is -2.95. The summed E-state index contributed by atoms with van der Waals surface area (Å²) < 4.78 is 30.8. The van der Waals surface area contributed by atoms with Gasteiger partial charge in [-0.05, 0) is 30.3 Å². The molecule has 8 nitrogen and oxygen atoms in total. The monoisotopic (exact) mass is 414 g/mol. The second-order valence-corrected chi connectivity index (χ2v) is 6.29. The quantitative estimate of drug-likeness (QED) is 0.405. The number of hydrazine groups is 1. The van der Waals surface area contributed by atoms with Crippen LogP contribution in [0.3, 0.4) is 0 Å². The van der Waals surface area contributed by atoms with Crippen LogP contribution in [-0.2, 0) is 7.05 Å². The number of carbonyl (C=O) groups excluding carboxylic acids is 1. The predicted octanol–water partition coefficient (Wildman–Crippen LogP) is 2.91. The van der Waals surface area contributed by atoms with Gasteiger partial charge in [0.1, 0.15) is 5.75 Å². The van der Waals surface area contributed by atoms with Crippen molar-refractivity contribution in [3.8, 4) is 5.75 Å². The Morgan fingerprint density at radius 2 is 2.03 bits per heavy atom. The Morgan fingerprint density at radius 3 is 2.73 bits per heavy atom. The number of halogens is 2. The van der Waals surface area contributed by atoms with E-state index in [1.807, 2.05) is 0 Å². The number of aromatic nitrogens is 2. The van der Waals surface area contributed by atoms with Gasteiger partial charge in [-0.2, -0.15) is 8.78 Å². The third kappa shape index (κ3) is 5.11. The average molecular weight is 414 g/mol. The Kier molecular flexibility index (Phi) is 6.28. The summed E-state index contributed by atoms with van der Waals surface area (Å²) in [6.07, 6.45) is 4.73. The zero-order chi connectivity index (χ0) is 21.7. The number of imidazole rings is 1. The molecule has 0 saturated carbocycles. The molecule has 0 bridgehead atoms. The molecule has 10 heteroatoms. The van der Waals surface area contributed by atoms with E-state index in [1.54, 1.807) is 54.5 Å². The van der Waals surface area contributed by atoms with E-state index >= 15 is 0 Å². The first-order valence-electron chi connectivity index (χ1n) is 8.77. The molecule has 3 rings (SSSR count). The van der Waals surface area contributed by atoms with Crippen molar-refractivity contribution >= 4 is 23.0 Å². The van der Waals surface area contributed by atoms with Gasteiger partial charge in [-0.1, -0.05) is 12.1 Å². The van der Waals surface area contributed by atoms with Crippen molar-refractivity contribution in [2.75, 3.05) is 10.3 Å². The Bertz CT molecular complexity index is 1070. The van der Waals surface area contributed by atoms with E-state index < -0.39 is 12.5 Å². The topological polar surface area (TPSA) is 111 Å². The largest absolute Gasteiger partial charge is 0.435 e. The molecule has 0 fully saturated rings. The molecular formula is C20H20F2N6O2. The van der Waals surface area contributed by atoms with Crippen LogP contribution in [0.5, 0.6) is 5.75 Å². The number of amides is 1. The highest BCUT2D eigenvalue weighted by Crippen LogP contribution is 2.21. The van der Waals surface area contributed by atoms with Crippen LogP contribution in [0.15, 0.2) is 67.3 Å². The summed E-state index contributed by atoms with van der Waals surface area (Å²) in [6, 6.07) is 12.3. The van der Waals surface area contributed by atoms with Crippen molar-refractivity contribution in [1.29, 1.82) is 0 Å². The SMILES string of the molecule is Cn1cncc1/C(N)=C/N(N)c1cccc(C(=O)Nc2cccc(OC(F)F)c2)c1. The third-order valence-corrected chi connectivity index (χ3v) is 4.11. The Morgan fingerprint density at radius 1 is 1.27 bits per heavy atom. The van der Waals surface area contributed by atoms with E-state index in [0.717, 1.165) is 0 Å². The van der Waals surface area contributed by atoms with Gasteiger partial charge in [0.25, 0.3) is 5.91 Å². The molecule has 30 heavy (non-hydrogen) atoms. The number of anilines is 2. The zero-order valence-corrected chi connectivity index (χ0v) is 16.0. The molecule has 0 atom stereocenters. The minimum Gasteiger partial charge on any atom is -0.435 e. The number of alkyl halides is 2. The van der Waals surface area contributed by atoms with Gasteiger partial charge >= 0.3 is 6.61 Å². The van der Waals surface area contributed by atoms with Crippen LogP contribution in [0.25, 0.3) is 5.70 Å². The second-order valence-electron chi connectivity index (χ2n) is 6.29. The van der Waals surface area contributed by atoms with Crippen LogP contribution in [0.4, 0.5) is 20.2 Å². The van der Waals surface area contributed by atoms with Crippen LogP contribution in [0, 0.1) is 0 Å². The van der Waals surface area contributed by atoms with Crippen molar-refractivity contribution in [3.63, 3.8) is 0 Å². The van der Waals surface area contributed by atoms with Crippen molar-refractivity contribution in [2.24, 2.45) is 18.6 Å². The molecule has 5 N–H and O–H groups in total. The molecular weight excluding hydrogens is 394 g/mol. The average Bonchev–Trinajstić information content (AvgIpc) is 3.14. The van der Waals surface area contributed by atoms with Gasteiger partial charge in [0.15, 0.2) is 0 Å². The highest BCUT2D eigenvalue weighted by Gasteiger charge is 2.11. The highest BCUT2D eigenvalue weighted by atomic mass is 19.3. The number of hydrogen-bond acceptors (Lipinski definition) is 6. The summed E-state index contributed by atoms with van der Waals surface area (Å²) >= 11 is 0. The highest BCUT2D eigenvalue weighted by molar-refractivity contribution is 6.04. The number of nitrogens with two attached hydrogens (primary N) is 2. The molecule has 0 aliphatic carbocycles. The number of carbonyl (C=O) groups is 1. The van der Waals surface area contributed by atoms with Gasteiger partial charge in [0, 0.05) is 30.6 Å². The molecule has 3 aromatic rings. The lowest BCUT2D eigenvalue weighted by atomic mass is 10.1. The van der Waals surface area contributed by atoms with Gasteiger partial charge in [0.2, 0.25) is 0 Å². The molecule has 2 aromatic carbocycles. The number of ether oxygens (including phenoxy) is 1. The zero-order valence-electron chi connectivity index (χ0n) is 16.0. The maximum atomic E-state index is 12.6. The Hall–Kier alpha value is -3.92. The summed E-state index contributed by atoms with van der Waals surface area (Å²) in [5, 5.41) is 3.92. The van der Waals surface area contributed by atoms with Crippen LogP contribution in [0.1, 0.15) is 16.1 Å². The lowest BCUT2D eigenvalue weighted by molar-refractivity contribution is -0.0498. The number of hydrogen-bond donors (Lipinski definition) is 3. The van der Waals surface area contributed by atoms with E-state index in [0.29, 0.717) is 28.3 Å². The molecule has 0 aliphatic heterocycles. The number of aryl methyl sites for hydroxylation is 1. The summed E-state index contributed by atoms with van der Waals surface area (Å²) in [5.74, 6) is 5.57. The van der Waals surface area contributed by atoms with Crippen LogP contribution < -0.4 is 26.6 Å². The molecule has 0 radical (unpaired) electrons. The number of nitrogens with one attached hydrogen (secondary N) is 1. The molecule has 1 amide bonds. The number of rotatable bonds is 7. The molecule has 0 unspecified atom stereocenters. The maximum absolute atomic E-state index is 12.6. The van der Waals surface area contributed by atoms with E-state index in [-0.39, 0.29) is 5.75 Å². The molecule has 0 saturated heterocycles. The fraction of sp³-hybridized carbons (Fsp3) is 0.100. The number of nitrogens with zero attached hydrogens (tertiary/aromatic N) is 3. The van der Waals surface area contributed by atoms with Gasteiger partial charge in [-0.15, -0.1) is 0 Å². The van der Waals surface area contributed by atoms with Gasteiger partial charge in [-0.3, -0.25) is 9.80 Å². The summed E-state index contributed by atoms with van der Waals surface area (Å²) in [6.45, 7) is -2.95. The Balaban J connectivity index is 1.75. The summed E-state index contributed by atoms with van der Waals surface area (Å²) in [5.41, 5.74) is 8.28. The van der Waals surface area contributed by atoms with Crippen molar-refractivity contribution in [3.05, 3.63) is 78.5 Å². The van der Waals surface area contributed by atoms with Crippen LogP contribution >= 0.6 is 0 Å². The van der Waals surface area contributed by atoms with Crippen LogP contribution in [-0.4, -0.2) is 22.1 Å². The summed E-state index contributed by atoms with van der Waals surface area (Å²) in [7, 11) is 1.80. The minimum absolute atomic E-state index is 0.0551. The standard InChI is InChI=1S/C20H20F2N6O2/c1-27-12-25-10-18(27)17(23)11-28(24)15-6-2-4-13(8-15)19(29)26-14-5-3-7-16(9-14)30-20(21)22/h2-12,20H,23-24H2,1H3,(H,26,29)/b17-11-. The van der Waals surface area contributed by atoms with E-state index in [2.05, 4.69) is 15.0 Å². The first kappa shape index (κ1) is 20.8. The van der Waals surface area contributed by atoms with E-state index in [9.17, 15) is 13.6 Å². The smallest absolute Gasteiger partial charge is 0.387 e. The molecule has 0 spiro atoms. The number of benzene rings is 2. The van der Waals surface area contributed by atoms with Crippen molar-refractivity contribution in [2.45, 2.75) is 6.61 Å². The third-order valence-electron chi connectivity index (χ3n) is 4.11. The van der Waals surface area contributed by atoms with Crippen molar-refractivity contribution in [1.82, 2.24) is 9.55 Å². The van der Waals surface area contributed by atoms with Gasteiger partial charge < -0.3 is 20.4 Å². The first-order chi connectivity index (χ1) is 14.3. The lowest BCUT2D eigenvalue weighted by Crippen LogP contribution is -2.26. The fourth-order valence-corrected chi connectivity index (χ4v) is 2.69. The van der Waals surface area contributed by atoms with E-state index in [4.69, 9.17) is 11.6 Å². The molecule has 1 heterocycles. The maximum Gasteiger partial charge on any atom is 0.387 e.